The molecule has 26 heavy (non-hydrogen) atoms. The van der Waals surface area contributed by atoms with Crippen molar-refractivity contribution in [1.29, 1.82) is 0 Å². The zero-order chi connectivity index (χ0) is 18.5. The highest BCUT2D eigenvalue weighted by atomic mass is 32.2. The molecule has 1 heterocycles. The summed E-state index contributed by atoms with van der Waals surface area (Å²) in [5, 5.41) is 4.97. The SMILES string of the molecule is O=C(C[S@](=O)Cc1csc(-c2ccc(F)cc2)n1)Nc1cccc(F)c1. The Morgan fingerprint density at radius 2 is 1.88 bits per heavy atom. The Kier molecular flexibility index (Phi) is 5.85. The van der Waals surface area contributed by atoms with Crippen molar-refractivity contribution in [1.82, 2.24) is 4.98 Å². The molecule has 1 atom stereocenters. The minimum atomic E-state index is -1.45. The zero-order valence-corrected chi connectivity index (χ0v) is 15.1. The van der Waals surface area contributed by atoms with Gasteiger partial charge in [-0.1, -0.05) is 6.07 Å². The van der Waals surface area contributed by atoms with Crippen LogP contribution in [0, 0.1) is 11.6 Å². The lowest BCUT2D eigenvalue weighted by Gasteiger charge is -2.04. The van der Waals surface area contributed by atoms with Crippen LogP contribution in [0.3, 0.4) is 0 Å². The van der Waals surface area contributed by atoms with Crippen LogP contribution in [0.25, 0.3) is 10.6 Å². The summed E-state index contributed by atoms with van der Waals surface area (Å²) in [6.07, 6.45) is 0. The predicted octanol–water partition coefficient (Wildman–Crippen LogP) is 3.98. The second-order valence-electron chi connectivity index (χ2n) is 5.44. The Morgan fingerprint density at radius 3 is 2.62 bits per heavy atom. The van der Waals surface area contributed by atoms with Crippen LogP contribution >= 0.6 is 11.3 Å². The van der Waals surface area contributed by atoms with Gasteiger partial charge < -0.3 is 5.32 Å². The fraction of sp³-hybridized carbons (Fsp3) is 0.111. The van der Waals surface area contributed by atoms with Gasteiger partial charge in [0.05, 0.1) is 11.4 Å². The van der Waals surface area contributed by atoms with E-state index in [1.165, 1.54) is 41.7 Å². The molecule has 3 aromatic rings. The quantitative estimate of drug-likeness (QED) is 0.690. The van der Waals surface area contributed by atoms with Gasteiger partial charge in [0.15, 0.2) is 0 Å². The molecule has 4 nitrogen and oxygen atoms in total. The Balaban J connectivity index is 1.56. The van der Waals surface area contributed by atoms with E-state index in [1.807, 2.05) is 0 Å². The van der Waals surface area contributed by atoms with Gasteiger partial charge in [-0.2, -0.15) is 0 Å². The summed E-state index contributed by atoms with van der Waals surface area (Å²) in [5.74, 6) is -1.31. The van der Waals surface area contributed by atoms with E-state index in [2.05, 4.69) is 10.3 Å². The van der Waals surface area contributed by atoms with Gasteiger partial charge >= 0.3 is 0 Å². The first-order valence-electron chi connectivity index (χ1n) is 7.60. The van der Waals surface area contributed by atoms with E-state index in [9.17, 15) is 17.8 Å². The zero-order valence-electron chi connectivity index (χ0n) is 13.4. The number of rotatable bonds is 6. The second kappa shape index (κ2) is 8.29. The number of aromatic nitrogens is 1. The van der Waals surface area contributed by atoms with Crippen LogP contribution in [0.2, 0.25) is 0 Å². The van der Waals surface area contributed by atoms with Crippen molar-refractivity contribution >= 4 is 33.7 Å². The second-order valence-corrected chi connectivity index (χ2v) is 7.75. The standard InChI is InChI=1S/C18H14F2N2O2S2/c19-13-6-4-12(5-7-13)18-22-16(9-25-18)10-26(24)11-17(23)21-15-3-1-2-14(20)8-15/h1-9H,10-11H2,(H,21,23)/t26-/m1/s1. The third-order valence-corrected chi connectivity index (χ3v) is 5.49. The summed E-state index contributed by atoms with van der Waals surface area (Å²) >= 11 is 1.36. The van der Waals surface area contributed by atoms with Crippen LogP contribution in [0.4, 0.5) is 14.5 Å². The molecule has 0 unspecified atom stereocenters. The summed E-state index contributed by atoms with van der Waals surface area (Å²) in [7, 11) is -1.45. The monoisotopic (exact) mass is 392 g/mol. The third kappa shape index (κ3) is 5.03. The lowest BCUT2D eigenvalue weighted by Crippen LogP contribution is -2.20. The lowest BCUT2D eigenvalue weighted by molar-refractivity contribution is -0.113. The van der Waals surface area contributed by atoms with Crippen molar-refractivity contribution < 1.29 is 17.8 Å². The molecular formula is C18H14F2N2O2S2. The predicted molar refractivity (Wildman–Crippen MR) is 99.3 cm³/mol. The number of hydrogen-bond acceptors (Lipinski definition) is 4. The molecule has 0 aliphatic carbocycles. The normalized spacial score (nSPS) is 11.9. The fourth-order valence-electron chi connectivity index (χ4n) is 2.22. The topological polar surface area (TPSA) is 59.1 Å². The van der Waals surface area contributed by atoms with Crippen LogP contribution in [0.5, 0.6) is 0 Å². The minimum absolute atomic E-state index is 0.133. The molecular weight excluding hydrogens is 378 g/mol. The minimum Gasteiger partial charge on any atom is -0.325 e. The van der Waals surface area contributed by atoms with E-state index < -0.39 is 22.5 Å². The molecule has 1 amide bonds. The number of halogens is 2. The molecule has 0 fully saturated rings. The van der Waals surface area contributed by atoms with Gasteiger partial charge in [0, 0.05) is 27.4 Å². The first-order valence-corrected chi connectivity index (χ1v) is 9.97. The Morgan fingerprint density at radius 1 is 1.12 bits per heavy atom. The summed E-state index contributed by atoms with van der Waals surface area (Å²) in [6, 6.07) is 11.5. The van der Waals surface area contributed by atoms with Gasteiger partial charge in [0.25, 0.3) is 0 Å². The number of amides is 1. The van der Waals surface area contributed by atoms with Gasteiger partial charge in [-0.3, -0.25) is 9.00 Å². The number of anilines is 1. The Bertz CT molecular complexity index is 942. The average molecular weight is 392 g/mol. The van der Waals surface area contributed by atoms with Crippen molar-refractivity contribution in [2.75, 3.05) is 11.1 Å². The number of thiazole rings is 1. The first kappa shape index (κ1) is 18.3. The van der Waals surface area contributed by atoms with Gasteiger partial charge in [-0.05, 0) is 42.5 Å². The van der Waals surface area contributed by atoms with Crippen molar-refractivity contribution in [2.45, 2.75) is 5.75 Å². The number of carbonyl (C=O) groups excluding carboxylic acids is 1. The van der Waals surface area contributed by atoms with Crippen LogP contribution in [-0.2, 0) is 21.3 Å². The molecule has 0 bridgehead atoms. The van der Waals surface area contributed by atoms with Crippen molar-refractivity contribution in [3.8, 4) is 10.6 Å². The molecule has 8 heteroatoms. The Labute approximate surface area is 155 Å². The number of benzene rings is 2. The van der Waals surface area contributed by atoms with Crippen molar-refractivity contribution in [2.24, 2.45) is 0 Å². The van der Waals surface area contributed by atoms with E-state index in [1.54, 1.807) is 23.6 Å². The maximum atomic E-state index is 13.1. The van der Waals surface area contributed by atoms with E-state index in [0.29, 0.717) is 16.4 Å². The van der Waals surface area contributed by atoms with Crippen LogP contribution in [0.15, 0.2) is 53.9 Å². The molecule has 0 spiro atoms. The molecule has 1 N–H and O–H groups in total. The van der Waals surface area contributed by atoms with Gasteiger partial charge in [0.1, 0.15) is 22.4 Å². The van der Waals surface area contributed by atoms with Gasteiger partial charge in [0.2, 0.25) is 5.91 Å². The lowest BCUT2D eigenvalue weighted by atomic mass is 10.2. The van der Waals surface area contributed by atoms with E-state index in [-0.39, 0.29) is 17.3 Å². The average Bonchev–Trinajstić information content (AvgIpc) is 3.03. The highest BCUT2D eigenvalue weighted by molar-refractivity contribution is 7.84. The van der Waals surface area contributed by atoms with E-state index in [4.69, 9.17) is 0 Å². The molecule has 0 saturated heterocycles. The largest absolute Gasteiger partial charge is 0.325 e. The number of nitrogens with zero attached hydrogens (tertiary/aromatic N) is 1. The summed E-state index contributed by atoms with van der Waals surface area (Å²) < 4.78 is 38.2. The molecule has 134 valence electrons. The van der Waals surface area contributed by atoms with Crippen LogP contribution in [-0.4, -0.2) is 20.9 Å². The third-order valence-electron chi connectivity index (χ3n) is 3.35. The van der Waals surface area contributed by atoms with Crippen molar-refractivity contribution in [3.63, 3.8) is 0 Å². The van der Waals surface area contributed by atoms with Crippen molar-refractivity contribution in [3.05, 3.63) is 71.2 Å². The van der Waals surface area contributed by atoms with Gasteiger partial charge in [-0.15, -0.1) is 11.3 Å². The smallest absolute Gasteiger partial charge is 0.237 e. The molecule has 0 aliphatic heterocycles. The molecule has 0 saturated carbocycles. The van der Waals surface area contributed by atoms with Crippen LogP contribution < -0.4 is 5.32 Å². The highest BCUT2D eigenvalue weighted by Gasteiger charge is 2.12. The number of carbonyl (C=O) groups is 1. The maximum absolute atomic E-state index is 13.1. The summed E-state index contributed by atoms with van der Waals surface area (Å²) in [5.41, 5.74) is 1.70. The molecule has 3 rings (SSSR count). The molecule has 2 aromatic carbocycles. The fourth-order valence-corrected chi connectivity index (χ4v) is 4.10. The molecule has 0 aliphatic rings. The Hall–Kier alpha value is -2.45. The van der Waals surface area contributed by atoms with E-state index in [0.717, 1.165) is 5.56 Å². The number of hydrogen-bond donors (Lipinski definition) is 1. The van der Waals surface area contributed by atoms with Gasteiger partial charge in [-0.25, -0.2) is 13.8 Å². The maximum Gasteiger partial charge on any atom is 0.237 e. The molecule has 0 radical (unpaired) electrons. The first-order chi connectivity index (χ1) is 12.5. The number of nitrogens with one attached hydrogen (secondary N) is 1. The molecule has 1 aromatic heterocycles. The summed E-state index contributed by atoms with van der Waals surface area (Å²) in [6.45, 7) is 0. The summed E-state index contributed by atoms with van der Waals surface area (Å²) in [4.78, 5) is 16.3. The van der Waals surface area contributed by atoms with Crippen LogP contribution in [0.1, 0.15) is 5.69 Å². The highest BCUT2D eigenvalue weighted by Crippen LogP contribution is 2.24. The van der Waals surface area contributed by atoms with E-state index >= 15 is 0 Å².